The number of ether oxygens (including phenoxy) is 1. The molecule has 0 heterocycles. The van der Waals surface area contributed by atoms with Crippen molar-refractivity contribution in [2.24, 2.45) is 0 Å². The van der Waals surface area contributed by atoms with Gasteiger partial charge >= 0.3 is 5.97 Å². The van der Waals surface area contributed by atoms with E-state index in [1.807, 2.05) is 6.07 Å². The Morgan fingerprint density at radius 3 is 2.61 bits per heavy atom. The van der Waals surface area contributed by atoms with Crippen LogP contribution in [0, 0.1) is 11.3 Å². The largest absolute Gasteiger partial charge is 0.462 e. The van der Waals surface area contributed by atoms with E-state index in [2.05, 4.69) is 0 Å². The Hall–Kier alpha value is -1.50. The second-order valence-corrected chi connectivity index (χ2v) is 4.30. The predicted octanol–water partition coefficient (Wildman–Crippen LogP) is 3.85. The fourth-order valence-electron chi connectivity index (χ4n) is 1.41. The lowest BCUT2D eigenvalue weighted by atomic mass is 10.0. The molecular formula is C13H11Cl2NO2. The van der Waals surface area contributed by atoms with Gasteiger partial charge < -0.3 is 4.74 Å². The van der Waals surface area contributed by atoms with E-state index >= 15 is 0 Å². The van der Waals surface area contributed by atoms with Crippen LogP contribution >= 0.6 is 23.2 Å². The van der Waals surface area contributed by atoms with Crippen molar-refractivity contribution in [1.29, 1.82) is 5.26 Å². The molecule has 0 unspecified atom stereocenters. The van der Waals surface area contributed by atoms with E-state index in [9.17, 15) is 4.79 Å². The summed E-state index contributed by atoms with van der Waals surface area (Å²) in [6.07, 6.45) is 0. The van der Waals surface area contributed by atoms with Crippen molar-refractivity contribution in [3.05, 3.63) is 39.4 Å². The normalized spacial score (nSPS) is 11.5. The molecule has 3 nitrogen and oxygen atoms in total. The average Bonchev–Trinajstić information content (AvgIpc) is 2.29. The number of nitriles is 1. The minimum Gasteiger partial charge on any atom is -0.462 e. The van der Waals surface area contributed by atoms with Crippen LogP contribution in [0.3, 0.4) is 0 Å². The minimum absolute atomic E-state index is 0.0546. The Balaban J connectivity index is 3.28. The molecular weight excluding hydrogens is 273 g/mol. The van der Waals surface area contributed by atoms with Crippen LogP contribution < -0.4 is 0 Å². The monoisotopic (exact) mass is 283 g/mol. The average molecular weight is 284 g/mol. The summed E-state index contributed by atoms with van der Waals surface area (Å²) in [5.74, 6) is -0.650. The van der Waals surface area contributed by atoms with Crippen molar-refractivity contribution in [3.63, 3.8) is 0 Å². The summed E-state index contributed by atoms with van der Waals surface area (Å²) >= 11 is 11.8. The molecule has 1 aromatic carbocycles. The van der Waals surface area contributed by atoms with Gasteiger partial charge in [0, 0.05) is 10.0 Å². The molecule has 0 bridgehead atoms. The quantitative estimate of drug-likeness (QED) is 0.481. The molecule has 0 N–H and O–H groups in total. The van der Waals surface area contributed by atoms with Crippen molar-refractivity contribution >= 4 is 34.7 Å². The molecule has 0 saturated carbocycles. The van der Waals surface area contributed by atoms with Gasteiger partial charge in [-0.1, -0.05) is 29.3 Å². The van der Waals surface area contributed by atoms with Crippen LogP contribution in [0.5, 0.6) is 0 Å². The predicted molar refractivity (Wildman–Crippen MR) is 71.3 cm³/mol. The Bertz CT molecular complexity index is 544. The number of allylic oxidation sites excluding steroid dienone is 1. The highest BCUT2D eigenvalue weighted by atomic mass is 35.5. The Morgan fingerprint density at radius 1 is 1.44 bits per heavy atom. The highest BCUT2D eigenvalue weighted by Crippen LogP contribution is 2.28. The summed E-state index contributed by atoms with van der Waals surface area (Å²) in [7, 11) is 0. The van der Waals surface area contributed by atoms with Gasteiger partial charge in [-0.25, -0.2) is 4.79 Å². The van der Waals surface area contributed by atoms with Crippen LogP contribution in [0.4, 0.5) is 0 Å². The number of rotatable bonds is 3. The van der Waals surface area contributed by atoms with Gasteiger partial charge in [0.15, 0.2) is 0 Å². The van der Waals surface area contributed by atoms with E-state index in [4.69, 9.17) is 33.2 Å². The summed E-state index contributed by atoms with van der Waals surface area (Å²) in [6.45, 7) is 3.54. The number of carbonyl (C=O) groups is 1. The summed E-state index contributed by atoms with van der Waals surface area (Å²) in [5, 5.41) is 9.90. The first-order chi connectivity index (χ1) is 8.51. The lowest BCUT2D eigenvalue weighted by Gasteiger charge is -2.08. The highest BCUT2D eigenvalue weighted by molar-refractivity contribution is 6.35. The molecule has 1 aromatic rings. The molecule has 1 rings (SSSR count). The van der Waals surface area contributed by atoms with Gasteiger partial charge in [0.2, 0.25) is 0 Å². The second kappa shape index (κ2) is 6.44. The van der Waals surface area contributed by atoms with Crippen LogP contribution in [0.25, 0.3) is 5.57 Å². The molecule has 94 valence electrons. The summed E-state index contributed by atoms with van der Waals surface area (Å²) < 4.78 is 4.81. The third-order valence-corrected chi connectivity index (χ3v) is 2.85. The summed E-state index contributed by atoms with van der Waals surface area (Å²) in [6, 6.07) is 6.71. The molecule has 0 radical (unpaired) electrons. The van der Waals surface area contributed by atoms with Crippen LogP contribution in [0.1, 0.15) is 19.4 Å². The van der Waals surface area contributed by atoms with E-state index in [0.29, 0.717) is 21.2 Å². The Labute approximate surface area is 116 Å². The molecule has 0 saturated heterocycles. The topological polar surface area (TPSA) is 50.1 Å². The van der Waals surface area contributed by atoms with E-state index < -0.39 is 5.97 Å². The number of halogens is 2. The number of esters is 1. The maximum atomic E-state index is 11.6. The zero-order valence-corrected chi connectivity index (χ0v) is 11.5. The zero-order valence-electron chi connectivity index (χ0n) is 9.96. The molecule has 0 atom stereocenters. The van der Waals surface area contributed by atoms with Crippen LogP contribution in [-0.4, -0.2) is 12.6 Å². The molecule has 5 heteroatoms. The fourth-order valence-corrected chi connectivity index (χ4v) is 1.96. The first-order valence-corrected chi connectivity index (χ1v) is 6.00. The number of hydrogen-bond donors (Lipinski definition) is 0. The number of hydrogen-bond acceptors (Lipinski definition) is 3. The van der Waals surface area contributed by atoms with E-state index in [0.717, 1.165) is 0 Å². The SMILES string of the molecule is CCOC(=O)C(C#N)=C(C)c1ccc(Cl)cc1Cl. The van der Waals surface area contributed by atoms with Gasteiger partial charge in [-0.3, -0.25) is 0 Å². The van der Waals surface area contributed by atoms with Gasteiger partial charge in [0.25, 0.3) is 0 Å². The summed E-state index contributed by atoms with van der Waals surface area (Å²) in [4.78, 5) is 11.6. The van der Waals surface area contributed by atoms with Gasteiger partial charge in [-0.05, 0) is 37.1 Å². The molecule has 0 aromatic heterocycles. The smallest absolute Gasteiger partial charge is 0.349 e. The summed E-state index contributed by atoms with van der Waals surface area (Å²) in [5.41, 5.74) is 1.00. The lowest BCUT2D eigenvalue weighted by Crippen LogP contribution is -2.08. The number of nitrogens with zero attached hydrogens (tertiary/aromatic N) is 1. The molecule has 0 aliphatic heterocycles. The van der Waals surface area contributed by atoms with E-state index in [1.165, 1.54) is 0 Å². The highest BCUT2D eigenvalue weighted by Gasteiger charge is 2.16. The van der Waals surface area contributed by atoms with Crippen molar-refractivity contribution < 1.29 is 9.53 Å². The molecule has 0 fully saturated rings. The van der Waals surface area contributed by atoms with Gasteiger partial charge in [-0.15, -0.1) is 0 Å². The van der Waals surface area contributed by atoms with Crippen LogP contribution in [-0.2, 0) is 9.53 Å². The van der Waals surface area contributed by atoms with Crippen LogP contribution in [0.15, 0.2) is 23.8 Å². The van der Waals surface area contributed by atoms with Crippen LogP contribution in [0.2, 0.25) is 10.0 Å². The molecule has 0 amide bonds. The zero-order chi connectivity index (χ0) is 13.7. The first-order valence-electron chi connectivity index (χ1n) is 5.24. The number of benzene rings is 1. The first kappa shape index (κ1) is 14.6. The third-order valence-electron chi connectivity index (χ3n) is 2.30. The lowest BCUT2D eigenvalue weighted by molar-refractivity contribution is -0.137. The molecule has 0 aliphatic rings. The minimum atomic E-state index is -0.650. The molecule has 18 heavy (non-hydrogen) atoms. The van der Waals surface area contributed by atoms with Gasteiger partial charge in [-0.2, -0.15) is 5.26 Å². The standard InChI is InChI=1S/C13H11Cl2NO2/c1-3-18-13(17)11(7-16)8(2)10-5-4-9(14)6-12(10)15/h4-6H,3H2,1-2H3. The fraction of sp³-hybridized carbons (Fsp3) is 0.231. The Kier molecular flexibility index (Phi) is 5.21. The molecule has 0 aliphatic carbocycles. The Morgan fingerprint density at radius 2 is 2.11 bits per heavy atom. The van der Waals surface area contributed by atoms with E-state index in [1.54, 1.807) is 32.0 Å². The van der Waals surface area contributed by atoms with Gasteiger partial charge in [0.1, 0.15) is 11.6 Å². The maximum absolute atomic E-state index is 11.6. The third kappa shape index (κ3) is 3.25. The molecule has 0 spiro atoms. The van der Waals surface area contributed by atoms with Crippen molar-refractivity contribution in [3.8, 4) is 6.07 Å². The van der Waals surface area contributed by atoms with Crippen molar-refractivity contribution in [1.82, 2.24) is 0 Å². The number of carbonyl (C=O) groups excluding carboxylic acids is 1. The van der Waals surface area contributed by atoms with Gasteiger partial charge in [0.05, 0.1) is 6.61 Å². The van der Waals surface area contributed by atoms with E-state index in [-0.39, 0.29) is 12.2 Å². The second-order valence-electron chi connectivity index (χ2n) is 3.46. The van der Waals surface area contributed by atoms with Crippen molar-refractivity contribution in [2.75, 3.05) is 6.61 Å². The maximum Gasteiger partial charge on any atom is 0.349 e. The van der Waals surface area contributed by atoms with Crippen molar-refractivity contribution in [2.45, 2.75) is 13.8 Å².